The first-order valence-electron chi connectivity index (χ1n) is 13.1. The molecule has 0 heterocycles. The minimum atomic E-state index is -0.632. The maximum atomic E-state index is 12.5. The average Bonchev–Trinajstić information content (AvgIpc) is 3.49. The molecule has 7 atom stereocenters. The largest absolute Gasteiger partial charge is 0.461 e. The predicted molar refractivity (Wildman–Crippen MR) is 148 cm³/mol. The summed E-state index contributed by atoms with van der Waals surface area (Å²) < 4.78 is 18.1. The number of carbonyl (C=O) groups excluding carboxylic acids is 2. The minimum absolute atomic E-state index is 0.0927. The van der Waals surface area contributed by atoms with Crippen LogP contribution in [-0.2, 0) is 23.8 Å². The Hall–Kier alpha value is 0.320. The molecule has 0 bridgehead atoms. The van der Waals surface area contributed by atoms with Gasteiger partial charge in [-0.3, -0.25) is 9.59 Å². The van der Waals surface area contributed by atoms with E-state index in [2.05, 4.69) is 59.0 Å². The van der Waals surface area contributed by atoms with Gasteiger partial charge < -0.3 is 19.3 Å². The first-order valence-corrected chi connectivity index (χ1v) is 15.6. The van der Waals surface area contributed by atoms with Gasteiger partial charge in [-0.05, 0) is 71.1 Å². The Morgan fingerprint density at radius 2 is 1.53 bits per heavy atom. The average molecular weight is 704 g/mol. The van der Waals surface area contributed by atoms with Crippen LogP contribution in [0, 0.1) is 11.8 Å². The second kappa shape index (κ2) is 12.2. The molecular weight excluding hydrogens is 662 g/mol. The minimum Gasteiger partial charge on any atom is -0.461 e. The number of halogens is 2. The van der Waals surface area contributed by atoms with Gasteiger partial charge in [0.1, 0.15) is 20.1 Å². The highest BCUT2D eigenvalue weighted by atomic mass is 127. The van der Waals surface area contributed by atoms with Crippen LogP contribution in [0.5, 0.6) is 0 Å². The smallest absolute Gasteiger partial charge is 0.319 e. The molecule has 0 aliphatic heterocycles. The van der Waals surface area contributed by atoms with E-state index in [0.29, 0.717) is 6.42 Å². The number of hydrogen-bond acceptors (Lipinski definition) is 6. The summed E-state index contributed by atoms with van der Waals surface area (Å²) in [4.78, 5) is 24.8. The van der Waals surface area contributed by atoms with Crippen LogP contribution in [0.25, 0.3) is 0 Å². The molecule has 8 heteroatoms. The summed E-state index contributed by atoms with van der Waals surface area (Å²) in [5.41, 5.74) is -1.09. The quantitative estimate of drug-likeness (QED) is 0.132. The van der Waals surface area contributed by atoms with Crippen molar-refractivity contribution in [3.8, 4) is 0 Å². The Morgan fingerprint density at radius 1 is 0.941 bits per heavy atom. The molecule has 0 radical (unpaired) electrons. The molecule has 34 heavy (non-hydrogen) atoms. The number of esters is 2. The van der Waals surface area contributed by atoms with E-state index in [1.54, 1.807) is 0 Å². The fourth-order valence-electron chi connectivity index (χ4n) is 5.76. The molecule has 7 unspecified atom stereocenters. The van der Waals surface area contributed by atoms with Crippen molar-refractivity contribution >= 4 is 57.1 Å². The van der Waals surface area contributed by atoms with Crippen LogP contribution in [0.3, 0.4) is 0 Å². The van der Waals surface area contributed by atoms with Gasteiger partial charge in [0.25, 0.3) is 0 Å². The third kappa shape index (κ3) is 7.43. The summed E-state index contributed by atoms with van der Waals surface area (Å²) in [7, 11) is 0. The van der Waals surface area contributed by atoms with Crippen LogP contribution in [0.2, 0.25) is 0 Å². The molecule has 3 fully saturated rings. The Bertz CT molecular complexity index is 707. The van der Waals surface area contributed by atoms with E-state index < -0.39 is 11.2 Å². The summed E-state index contributed by atoms with van der Waals surface area (Å²) in [6.07, 6.45) is 8.82. The summed E-state index contributed by atoms with van der Waals surface area (Å²) in [6.45, 7) is 8.14. The molecule has 1 N–H and O–H groups in total. The van der Waals surface area contributed by atoms with Crippen LogP contribution in [0.15, 0.2) is 0 Å². The van der Waals surface area contributed by atoms with Crippen LogP contribution < -0.4 is 0 Å². The molecule has 0 aromatic carbocycles. The molecule has 196 valence electrons. The Kier molecular flexibility index (Phi) is 10.4. The fourth-order valence-corrected chi connectivity index (χ4v) is 6.05. The van der Waals surface area contributed by atoms with Gasteiger partial charge in [0.2, 0.25) is 0 Å². The van der Waals surface area contributed by atoms with Gasteiger partial charge in [-0.15, -0.1) is 0 Å². The third-order valence-corrected chi connectivity index (χ3v) is 10.8. The van der Waals surface area contributed by atoms with Crippen LogP contribution in [0.4, 0.5) is 0 Å². The summed E-state index contributed by atoms with van der Waals surface area (Å²) in [5.74, 6) is 0.0226. The highest BCUT2D eigenvalue weighted by molar-refractivity contribution is 14.1. The maximum absolute atomic E-state index is 12.5. The van der Waals surface area contributed by atoms with E-state index in [9.17, 15) is 14.7 Å². The Balaban J connectivity index is 1.67. The summed E-state index contributed by atoms with van der Waals surface area (Å²) >= 11 is 4.29. The standard InChI is InChI=1S/C26H42I2O6/c1-5-20(27)23(29)32-17-10-9-16(26(31)11-7-8-12-26)13-18(14-17)34-25(3,4)19-15-22(19)33-24(30)21(28)6-2/h16-22,31H,5-15H2,1-4H3. The molecule has 6 nitrogen and oxygen atoms in total. The number of hydrogen-bond donors (Lipinski definition) is 1. The van der Waals surface area contributed by atoms with Crippen molar-refractivity contribution in [2.45, 2.75) is 136 Å². The monoisotopic (exact) mass is 704 g/mol. The molecule has 0 saturated heterocycles. The van der Waals surface area contributed by atoms with Crippen molar-refractivity contribution in [1.29, 1.82) is 0 Å². The van der Waals surface area contributed by atoms with Gasteiger partial charge in [-0.2, -0.15) is 0 Å². The van der Waals surface area contributed by atoms with E-state index in [1.165, 1.54) is 0 Å². The maximum Gasteiger partial charge on any atom is 0.319 e. The zero-order chi connectivity index (χ0) is 25.1. The third-order valence-electron chi connectivity index (χ3n) is 8.01. The summed E-state index contributed by atoms with van der Waals surface area (Å²) in [6, 6.07) is 0. The van der Waals surface area contributed by atoms with Crippen molar-refractivity contribution < 1.29 is 28.9 Å². The second-order valence-corrected chi connectivity index (χ2v) is 14.0. The van der Waals surface area contributed by atoms with E-state index >= 15 is 0 Å². The van der Waals surface area contributed by atoms with E-state index in [1.807, 2.05) is 13.8 Å². The van der Waals surface area contributed by atoms with Gasteiger partial charge in [0.05, 0.1) is 17.3 Å². The van der Waals surface area contributed by atoms with E-state index in [-0.39, 0.29) is 49.9 Å². The van der Waals surface area contributed by atoms with Crippen LogP contribution in [0.1, 0.15) is 98.3 Å². The fraction of sp³-hybridized carbons (Fsp3) is 0.923. The zero-order valence-corrected chi connectivity index (χ0v) is 25.4. The lowest BCUT2D eigenvalue weighted by atomic mass is 9.80. The SMILES string of the molecule is CCC(I)C(=O)OC1CCC(C2(O)CCCC2)CC(OC(C)(C)C2CC2OC(=O)C(I)CC)C1. The molecule has 0 aromatic rings. The van der Waals surface area contributed by atoms with Gasteiger partial charge >= 0.3 is 11.9 Å². The van der Waals surface area contributed by atoms with Gasteiger partial charge in [-0.25, -0.2) is 0 Å². The van der Waals surface area contributed by atoms with Gasteiger partial charge in [0.15, 0.2) is 0 Å². The highest BCUT2D eigenvalue weighted by Gasteiger charge is 2.53. The molecule has 0 amide bonds. The normalized spacial score (nSPS) is 33.0. The first-order chi connectivity index (χ1) is 16.0. The van der Waals surface area contributed by atoms with Crippen molar-refractivity contribution in [2.24, 2.45) is 11.8 Å². The highest BCUT2D eigenvalue weighted by Crippen LogP contribution is 2.48. The Labute approximate surface area is 232 Å². The molecule has 3 aliphatic rings. The second-order valence-electron chi connectivity index (χ2n) is 11.0. The predicted octanol–water partition coefficient (Wildman–Crippen LogP) is 5.92. The number of carbonyl (C=O) groups is 2. The lowest BCUT2D eigenvalue weighted by Crippen LogP contribution is -2.40. The van der Waals surface area contributed by atoms with Crippen molar-refractivity contribution in [1.82, 2.24) is 0 Å². The zero-order valence-electron chi connectivity index (χ0n) is 21.1. The van der Waals surface area contributed by atoms with Crippen LogP contribution in [-0.4, -0.2) is 54.4 Å². The molecule has 3 saturated carbocycles. The van der Waals surface area contributed by atoms with Crippen molar-refractivity contribution in [2.75, 3.05) is 0 Å². The number of rotatable bonds is 10. The molecule has 3 aliphatic carbocycles. The number of aliphatic hydroxyl groups is 1. The molecule has 0 aromatic heterocycles. The number of alkyl halides is 2. The van der Waals surface area contributed by atoms with Crippen molar-refractivity contribution in [3.63, 3.8) is 0 Å². The first kappa shape index (κ1) is 28.9. The summed E-state index contributed by atoms with van der Waals surface area (Å²) in [5, 5.41) is 11.4. The molecule has 3 rings (SSSR count). The lowest BCUT2D eigenvalue weighted by Gasteiger charge is -2.36. The van der Waals surface area contributed by atoms with E-state index in [0.717, 1.165) is 64.2 Å². The molecular formula is C26H42I2O6. The van der Waals surface area contributed by atoms with Gasteiger partial charge in [-0.1, -0.05) is 71.9 Å². The number of ether oxygens (including phenoxy) is 3. The van der Waals surface area contributed by atoms with E-state index in [4.69, 9.17) is 14.2 Å². The molecule has 0 spiro atoms. The van der Waals surface area contributed by atoms with Crippen molar-refractivity contribution in [3.05, 3.63) is 0 Å². The lowest BCUT2D eigenvalue weighted by molar-refractivity contribution is -0.153. The Morgan fingerprint density at radius 3 is 2.12 bits per heavy atom. The van der Waals surface area contributed by atoms with Gasteiger partial charge in [0, 0.05) is 12.3 Å². The van der Waals surface area contributed by atoms with Crippen LogP contribution >= 0.6 is 45.2 Å². The topological polar surface area (TPSA) is 82.1 Å².